The fourth-order valence-electron chi connectivity index (χ4n) is 2.75. The second-order valence-corrected chi connectivity index (χ2v) is 6.04. The molecule has 2 N–H and O–H groups in total. The Balaban J connectivity index is 1.62. The fraction of sp³-hybridized carbons (Fsp3) is 0.176. The zero-order valence-electron chi connectivity index (χ0n) is 13.2. The number of aliphatic imine (C=N–C) groups is 1. The van der Waals surface area contributed by atoms with Gasteiger partial charge in [0.25, 0.3) is 0 Å². The van der Waals surface area contributed by atoms with Gasteiger partial charge in [0.1, 0.15) is 5.69 Å². The van der Waals surface area contributed by atoms with E-state index in [0.29, 0.717) is 36.6 Å². The van der Waals surface area contributed by atoms with Crippen molar-refractivity contribution >= 4 is 17.3 Å². The Morgan fingerprint density at radius 2 is 2.12 bits per heavy atom. The molecule has 1 aliphatic rings. The van der Waals surface area contributed by atoms with Crippen LogP contribution in [-0.2, 0) is 19.6 Å². The van der Waals surface area contributed by atoms with Gasteiger partial charge in [-0.1, -0.05) is 17.7 Å². The van der Waals surface area contributed by atoms with Crippen molar-refractivity contribution in [3.05, 3.63) is 75.8 Å². The van der Waals surface area contributed by atoms with Gasteiger partial charge in [0, 0.05) is 18.3 Å². The van der Waals surface area contributed by atoms with Crippen LogP contribution >= 0.6 is 11.6 Å². The zero-order chi connectivity index (χ0) is 17.4. The van der Waals surface area contributed by atoms with Crippen molar-refractivity contribution in [1.82, 2.24) is 19.7 Å². The Morgan fingerprint density at radius 1 is 1.24 bits per heavy atom. The monoisotopic (exact) mass is 356 g/mol. The maximum absolute atomic E-state index is 14.3. The predicted octanol–water partition coefficient (Wildman–Crippen LogP) is 2.32. The second kappa shape index (κ2) is 6.34. The summed E-state index contributed by atoms with van der Waals surface area (Å²) in [6, 6.07) is 6.70. The van der Waals surface area contributed by atoms with Crippen molar-refractivity contribution in [3.63, 3.8) is 0 Å². The van der Waals surface area contributed by atoms with Gasteiger partial charge in [-0.15, -0.1) is 0 Å². The minimum absolute atomic E-state index is 0.0626. The molecule has 0 bridgehead atoms. The number of aromatic nitrogens is 4. The van der Waals surface area contributed by atoms with Crippen LogP contribution in [0.2, 0.25) is 5.02 Å². The largest absolute Gasteiger partial charge is 0.325 e. The number of halogens is 2. The van der Waals surface area contributed by atoms with Gasteiger partial charge in [0.2, 0.25) is 0 Å². The van der Waals surface area contributed by atoms with Gasteiger partial charge >= 0.3 is 0 Å². The van der Waals surface area contributed by atoms with Gasteiger partial charge in [-0.25, -0.2) is 9.37 Å². The molecule has 3 aromatic rings. The van der Waals surface area contributed by atoms with Crippen molar-refractivity contribution in [3.8, 4) is 0 Å². The minimum Gasteiger partial charge on any atom is -0.325 e. The molecule has 0 radical (unpaired) electrons. The molecule has 3 heterocycles. The van der Waals surface area contributed by atoms with E-state index in [1.54, 1.807) is 23.0 Å². The first-order valence-corrected chi connectivity index (χ1v) is 8.10. The highest BCUT2D eigenvalue weighted by atomic mass is 35.5. The van der Waals surface area contributed by atoms with Crippen LogP contribution in [-0.4, -0.2) is 25.5 Å². The van der Waals surface area contributed by atoms with Crippen LogP contribution in [0.25, 0.3) is 0 Å². The van der Waals surface area contributed by atoms with Gasteiger partial charge in [0.15, 0.2) is 5.82 Å². The number of nitrogens with two attached hydrogens (primary N) is 1. The molecule has 0 amide bonds. The molecular weight excluding hydrogens is 343 g/mol. The molecule has 0 atom stereocenters. The first kappa shape index (κ1) is 15.9. The molecule has 25 heavy (non-hydrogen) atoms. The number of hydrogen-bond donors (Lipinski definition) is 1. The maximum Gasteiger partial charge on any atom is 0.151 e. The number of rotatable bonds is 4. The number of hydrogen-bond acceptors (Lipinski definition) is 5. The molecule has 0 spiro atoms. The number of benzene rings is 1. The van der Waals surface area contributed by atoms with Crippen molar-refractivity contribution in [2.45, 2.75) is 19.6 Å². The third kappa shape index (κ3) is 2.92. The van der Waals surface area contributed by atoms with Gasteiger partial charge in [-0.3, -0.25) is 14.7 Å². The van der Waals surface area contributed by atoms with E-state index in [9.17, 15) is 4.39 Å². The molecule has 6 nitrogen and oxygen atoms in total. The lowest BCUT2D eigenvalue weighted by molar-refractivity contribution is 0.625. The van der Waals surface area contributed by atoms with Gasteiger partial charge in [0.05, 0.1) is 47.1 Å². The summed E-state index contributed by atoms with van der Waals surface area (Å²) in [6.45, 7) is 1.25. The van der Waals surface area contributed by atoms with Crippen molar-refractivity contribution in [2.75, 3.05) is 0 Å². The highest BCUT2D eigenvalue weighted by Crippen LogP contribution is 2.25. The summed E-state index contributed by atoms with van der Waals surface area (Å²) in [4.78, 5) is 13.4. The topological polar surface area (TPSA) is 82.0 Å². The molecule has 0 aliphatic carbocycles. The van der Waals surface area contributed by atoms with Crippen LogP contribution in [0, 0.1) is 5.82 Å². The summed E-state index contributed by atoms with van der Waals surface area (Å²) in [5.41, 5.74) is 9.28. The van der Waals surface area contributed by atoms with E-state index in [1.807, 2.05) is 12.3 Å². The molecule has 0 saturated carbocycles. The van der Waals surface area contributed by atoms with E-state index in [4.69, 9.17) is 17.3 Å². The molecule has 0 saturated heterocycles. The van der Waals surface area contributed by atoms with Crippen LogP contribution in [0.3, 0.4) is 0 Å². The molecule has 0 unspecified atom stereocenters. The Bertz CT molecular complexity index is 981. The average Bonchev–Trinajstić information content (AvgIpc) is 3.24. The Labute approximate surface area is 148 Å². The van der Waals surface area contributed by atoms with Gasteiger partial charge in [-0.2, -0.15) is 5.10 Å². The van der Waals surface area contributed by atoms with Gasteiger partial charge < -0.3 is 5.73 Å². The first-order chi connectivity index (χ1) is 12.2. The van der Waals surface area contributed by atoms with Gasteiger partial charge in [-0.05, 0) is 18.2 Å². The van der Waals surface area contributed by atoms with E-state index >= 15 is 0 Å². The first-order valence-electron chi connectivity index (χ1n) is 7.72. The van der Waals surface area contributed by atoms with Crippen LogP contribution in [0.1, 0.15) is 28.3 Å². The molecule has 1 aromatic carbocycles. The summed E-state index contributed by atoms with van der Waals surface area (Å²) >= 11 is 5.86. The smallest absolute Gasteiger partial charge is 0.151 e. The zero-order valence-corrected chi connectivity index (χ0v) is 13.9. The highest BCUT2D eigenvalue weighted by Gasteiger charge is 2.24. The summed E-state index contributed by atoms with van der Waals surface area (Å²) in [5, 5.41) is 4.40. The lowest BCUT2D eigenvalue weighted by Crippen LogP contribution is -2.10. The van der Waals surface area contributed by atoms with Crippen LogP contribution < -0.4 is 5.73 Å². The maximum atomic E-state index is 14.3. The van der Waals surface area contributed by atoms with E-state index in [-0.39, 0.29) is 5.02 Å². The molecule has 4 rings (SSSR count). The van der Waals surface area contributed by atoms with E-state index in [1.165, 1.54) is 6.07 Å². The van der Waals surface area contributed by atoms with Crippen molar-refractivity contribution < 1.29 is 4.39 Å². The third-order valence-corrected chi connectivity index (χ3v) is 4.23. The number of fused-ring (bicyclic) bond motifs is 1. The molecule has 126 valence electrons. The minimum atomic E-state index is -0.493. The lowest BCUT2D eigenvalue weighted by Gasteiger charge is -2.07. The van der Waals surface area contributed by atoms with Crippen molar-refractivity contribution in [2.24, 2.45) is 10.7 Å². The normalized spacial score (nSPS) is 13.0. The summed E-state index contributed by atoms with van der Waals surface area (Å²) in [7, 11) is 0. The fourth-order valence-corrected chi connectivity index (χ4v) is 2.92. The number of nitrogens with zero attached hydrogens (tertiary/aromatic N) is 5. The predicted molar refractivity (Wildman–Crippen MR) is 92.0 cm³/mol. The van der Waals surface area contributed by atoms with Crippen LogP contribution in [0.5, 0.6) is 0 Å². The summed E-state index contributed by atoms with van der Waals surface area (Å²) in [6.07, 6.45) is 3.51. The van der Waals surface area contributed by atoms with Crippen molar-refractivity contribution in [1.29, 1.82) is 0 Å². The van der Waals surface area contributed by atoms with E-state index in [2.05, 4.69) is 20.1 Å². The quantitative estimate of drug-likeness (QED) is 0.777. The average molecular weight is 357 g/mol. The third-order valence-electron chi connectivity index (χ3n) is 3.94. The molecule has 2 aromatic heterocycles. The van der Waals surface area contributed by atoms with Crippen LogP contribution in [0.15, 0.2) is 41.7 Å². The molecule has 8 heteroatoms. The standard InChI is InChI=1S/C17H14ClFN6/c18-13-3-1-2-12(15(13)19)16-17-14(8-22-16)23-11(7-21-17)9-25-5-4-10(6-20)24-25/h1-5,7H,6,8-9,20H2. The highest BCUT2D eigenvalue weighted by molar-refractivity contribution is 6.31. The van der Waals surface area contributed by atoms with E-state index < -0.39 is 5.82 Å². The summed E-state index contributed by atoms with van der Waals surface area (Å²) < 4.78 is 16.0. The summed E-state index contributed by atoms with van der Waals surface area (Å²) in [5.74, 6) is -0.493. The second-order valence-electron chi connectivity index (χ2n) is 5.63. The Hall–Kier alpha value is -2.64. The Kier molecular flexibility index (Phi) is 4.03. The molecule has 1 aliphatic heterocycles. The Morgan fingerprint density at radius 3 is 2.92 bits per heavy atom. The van der Waals surface area contributed by atoms with Crippen LogP contribution in [0.4, 0.5) is 4.39 Å². The van der Waals surface area contributed by atoms with E-state index in [0.717, 1.165) is 17.1 Å². The molecule has 0 fully saturated rings. The molecular formula is C17H14ClFN6. The lowest BCUT2D eigenvalue weighted by atomic mass is 10.1. The SMILES string of the molecule is NCc1ccn(Cc2cnc3c(n2)CN=C3c2cccc(Cl)c2F)n1.